The molecule has 280 valence electrons. The summed E-state index contributed by atoms with van der Waals surface area (Å²) in [4.78, 5) is 33.7. The lowest BCUT2D eigenvalue weighted by Gasteiger charge is -2.39. The molecule has 8 rings (SSSR count). The first-order valence-corrected chi connectivity index (χ1v) is 19.1. The van der Waals surface area contributed by atoms with Crippen LogP contribution in [0.5, 0.6) is 0 Å². The molecule has 2 amide bonds. The van der Waals surface area contributed by atoms with Crippen LogP contribution in [0.1, 0.15) is 65.7 Å². The zero-order chi connectivity index (χ0) is 38.7. The fourth-order valence-electron chi connectivity index (χ4n) is 8.06. The van der Waals surface area contributed by atoms with Gasteiger partial charge in [0.2, 0.25) is 0 Å². The number of piperidine rings is 1. The third-order valence-corrected chi connectivity index (χ3v) is 10.5. The zero-order valence-electron chi connectivity index (χ0n) is 31.9. The second-order valence-electron chi connectivity index (χ2n) is 15.4. The highest BCUT2D eigenvalue weighted by Crippen LogP contribution is 2.44. The number of nitrogens with zero attached hydrogens (tertiary/aromatic N) is 4. The van der Waals surface area contributed by atoms with E-state index < -0.39 is 11.1 Å². The largest absolute Gasteiger partial charge is 0.444 e. The van der Waals surface area contributed by atoms with Crippen molar-refractivity contribution in [2.75, 3.05) is 13.1 Å². The fourth-order valence-corrected chi connectivity index (χ4v) is 8.06. The Labute approximate surface area is 327 Å². The summed E-state index contributed by atoms with van der Waals surface area (Å²) in [7, 11) is 0. The molecule has 8 heteroatoms. The summed E-state index contributed by atoms with van der Waals surface area (Å²) in [5.41, 5.74) is 5.74. The van der Waals surface area contributed by atoms with E-state index in [1.165, 1.54) is 0 Å². The maximum Gasteiger partial charge on any atom is 0.410 e. The number of hydrogen-bond acceptors (Lipinski definition) is 5. The molecule has 0 radical (unpaired) electrons. The van der Waals surface area contributed by atoms with Crippen LogP contribution in [-0.4, -0.2) is 56.4 Å². The molecule has 0 bridgehead atoms. The predicted octanol–water partition coefficient (Wildman–Crippen LogP) is 9.46. The number of likely N-dealkylation sites (tertiary alicyclic amines) is 1. The van der Waals surface area contributed by atoms with E-state index in [4.69, 9.17) is 9.84 Å². The van der Waals surface area contributed by atoms with Crippen LogP contribution in [0, 0.1) is 0 Å². The Morgan fingerprint density at radius 1 is 0.696 bits per heavy atom. The number of benzene rings is 5. The number of amides is 2. The molecule has 1 aliphatic heterocycles. The van der Waals surface area contributed by atoms with Gasteiger partial charge in [-0.2, -0.15) is 5.10 Å². The lowest BCUT2D eigenvalue weighted by atomic mass is 9.77. The second kappa shape index (κ2) is 15.3. The minimum absolute atomic E-state index is 0.0313. The molecule has 1 saturated heterocycles. The van der Waals surface area contributed by atoms with Crippen LogP contribution in [0.3, 0.4) is 0 Å². The SMILES string of the molecule is CC(C)(C)OC(=O)N1CC(NC(=O)c2ccc3c(c2)c(-c2ccncc2)nn3C(c2ccccc2)(c2ccccc2)c2ccccc2)CC(c2ccccc2)C1. The topological polar surface area (TPSA) is 89.3 Å². The van der Waals surface area contributed by atoms with Gasteiger partial charge in [0.25, 0.3) is 5.91 Å². The average Bonchev–Trinajstić information content (AvgIpc) is 3.61. The van der Waals surface area contributed by atoms with E-state index in [0.29, 0.717) is 25.1 Å². The average molecular weight is 740 g/mol. The van der Waals surface area contributed by atoms with Gasteiger partial charge in [-0.3, -0.25) is 9.78 Å². The summed E-state index contributed by atoms with van der Waals surface area (Å²) in [6.45, 7) is 6.46. The Morgan fingerprint density at radius 3 is 1.80 bits per heavy atom. The molecular formula is C48H45N5O3. The molecule has 1 aliphatic rings. The zero-order valence-corrected chi connectivity index (χ0v) is 31.9. The monoisotopic (exact) mass is 739 g/mol. The molecule has 2 aromatic heterocycles. The van der Waals surface area contributed by atoms with Crippen molar-refractivity contribution in [2.45, 2.75) is 50.3 Å². The predicted molar refractivity (Wildman–Crippen MR) is 220 cm³/mol. The van der Waals surface area contributed by atoms with Crippen LogP contribution in [0.4, 0.5) is 4.79 Å². The number of ether oxygens (including phenoxy) is 1. The molecule has 1 N–H and O–H groups in total. The Kier molecular flexibility index (Phi) is 9.96. The molecule has 3 heterocycles. The van der Waals surface area contributed by atoms with Gasteiger partial charge in [-0.05, 0) is 79.8 Å². The van der Waals surface area contributed by atoms with Gasteiger partial charge < -0.3 is 15.0 Å². The number of aromatic nitrogens is 3. The first kappa shape index (κ1) is 36.4. The lowest BCUT2D eigenvalue weighted by molar-refractivity contribution is 0.0164. The maximum atomic E-state index is 14.3. The highest BCUT2D eigenvalue weighted by atomic mass is 16.6. The van der Waals surface area contributed by atoms with Gasteiger partial charge in [-0.1, -0.05) is 121 Å². The number of rotatable bonds is 8. The smallest absolute Gasteiger partial charge is 0.410 e. The second-order valence-corrected chi connectivity index (χ2v) is 15.4. The van der Waals surface area contributed by atoms with E-state index in [2.05, 4.69) is 99.9 Å². The van der Waals surface area contributed by atoms with Gasteiger partial charge in [-0.25, -0.2) is 9.48 Å². The van der Waals surface area contributed by atoms with Crippen LogP contribution in [0.2, 0.25) is 0 Å². The summed E-state index contributed by atoms with van der Waals surface area (Å²) in [5.74, 6) is -0.188. The number of nitrogens with one attached hydrogen (secondary N) is 1. The van der Waals surface area contributed by atoms with E-state index in [1.54, 1.807) is 17.3 Å². The van der Waals surface area contributed by atoms with Gasteiger partial charge in [0.1, 0.15) is 16.8 Å². The van der Waals surface area contributed by atoms with E-state index in [0.717, 1.165) is 44.4 Å². The van der Waals surface area contributed by atoms with Crippen molar-refractivity contribution in [1.29, 1.82) is 0 Å². The van der Waals surface area contributed by atoms with E-state index in [-0.39, 0.29) is 24.0 Å². The highest BCUT2D eigenvalue weighted by molar-refractivity contribution is 6.02. The van der Waals surface area contributed by atoms with Crippen molar-refractivity contribution < 1.29 is 14.3 Å². The molecule has 5 aromatic carbocycles. The quantitative estimate of drug-likeness (QED) is 0.157. The van der Waals surface area contributed by atoms with E-state index >= 15 is 0 Å². The number of fused-ring (bicyclic) bond motifs is 1. The number of hydrogen-bond donors (Lipinski definition) is 1. The summed E-state index contributed by atoms with van der Waals surface area (Å²) in [6, 6.07) is 50.9. The molecule has 7 aromatic rings. The van der Waals surface area contributed by atoms with Gasteiger partial charge in [0.15, 0.2) is 0 Å². The molecular weight excluding hydrogens is 695 g/mol. The van der Waals surface area contributed by atoms with E-state index in [1.807, 2.05) is 87.5 Å². The third kappa shape index (κ3) is 7.18. The first-order chi connectivity index (χ1) is 27.2. The van der Waals surface area contributed by atoms with Crippen LogP contribution in [-0.2, 0) is 10.3 Å². The number of carbonyl (C=O) groups excluding carboxylic acids is 2. The molecule has 0 spiro atoms. The number of pyridine rings is 1. The van der Waals surface area contributed by atoms with Gasteiger partial charge in [-0.15, -0.1) is 0 Å². The fraction of sp³-hybridized carbons (Fsp3) is 0.208. The summed E-state index contributed by atoms with van der Waals surface area (Å²) in [5, 5.41) is 9.60. The summed E-state index contributed by atoms with van der Waals surface area (Å²) < 4.78 is 7.90. The molecule has 1 fully saturated rings. The lowest BCUT2D eigenvalue weighted by Crippen LogP contribution is -2.53. The molecule has 2 unspecified atom stereocenters. The van der Waals surface area contributed by atoms with Crippen LogP contribution in [0.15, 0.2) is 164 Å². The van der Waals surface area contributed by atoms with Crippen molar-refractivity contribution in [1.82, 2.24) is 25.0 Å². The van der Waals surface area contributed by atoms with Crippen LogP contribution < -0.4 is 5.32 Å². The van der Waals surface area contributed by atoms with Crippen molar-refractivity contribution in [3.05, 3.63) is 192 Å². The standard InChI is InChI=1S/C48H45N5O3/c1-47(2,3)56-46(55)52-32-37(34-16-8-4-9-17-34)30-41(33-52)50-45(54)36-24-25-43-42(31-36)44(35-26-28-49-29-27-35)51-53(43)48(38-18-10-5-11-19-38,39-20-12-6-13-21-39)40-22-14-7-15-23-40/h4-29,31,37,41H,30,32-33H2,1-3H3,(H,50,54). The highest BCUT2D eigenvalue weighted by Gasteiger charge is 2.41. The minimum atomic E-state index is -0.864. The molecule has 56 heavy (non-hydrogen) atoms. The summed E-state index contributed by atoms with van der Waals surface area (Å²) in [6.07, 6.45) is 3.83. The van der Waals surface area contributed by atoms with Crippen molar-refractivity contribution in [2.24, 2.45) is 0 Å². The summed E-state index contributed by atoms with van der Waals surface area (Å²) >= 11 is 0. The Bertz CT molecular complexity index is 2330. The first-order valence-electron chi connectivity index (χ1n) is 19.1. The molecule has 8 nitrogen and oxygen atoms in total. The maximum absolute atomic E-state index is 14.3. The Hall–Kier alpha value is -6.54. The minimum Gasteiger partial charge on any atom is -0.444 e. The van der Waals surface area contributed by atoms with Crippen molar-refractivity contribution >= 4 is 22.9 Å². The normalized spacial score (nSPS) is 16.0. The molecule has 0 saturated carbocycles. The third-order valence-electron chi connectivity index (χ3n) is 10.5. The van der Waals surface area contributed by atoms with Gasteiger partial charge in [0.05, 0.1) is 5.52 Å². The van der Waals surface area contributed by atoms with Gasteiger partial charge in [0, 0.05) is 54.0 Å². The van der Waals surface area contributed by atoms with E-state index in [9.17, 15) is 9.59 Å². The number of carbonyl (C=O) groups is 2. The Balaban J connectivity index is 1.24. The molecule has 0 aliphatic carbocycles. The Morgan fingerprint density at radius 2 is 1.25 bits per heavy atom. The van der Waals surface area contributed by atoms with Crippen molar-refractivity contribution in [3.8, 4) is 11.3 Å². The van der Waals surface area contributed by atoms with Crippen molar-refractivity contribution in [3.63, 3.8) is 0 Å². The molecule has 2 atom stereocenters. The van der Waals surface area contributed by atoms with Gasteiger partial charge >= 0.3 is 6.09 Å². The van der Waals surface area contributed by atoms with Crippen LogP contribution >= 0.6 is 0 Å². The van der Waals surface area contributed by atoms with Crippen LogP contribution in [0.25, 0.3) is 22.2 Å².